The van der Waals surface area contributed by atoms with Gasteiger partial charge in [0, 0.05) is 12.0 Å². The Labute approximate surface area is 145 Å². The van der Waals surface area contributed by atoms with Crippen LogP contribution < -0.4 is 10.1 Å². The Kier molecular flexibility index (Phi) is 6.51. The van der Waals surface area contributed by atoms with Crippen molar-refractivity contribution in [3.8, 4) is 5.75 Å². The van der Waals surface area contributed by atoms with Gasteiger partial charge in [0.05, 0.1) is 12.3 Å². The number of rotatable bonds is 8. The number of carbonyl (C=O) groups is 2. The number of hydrogen-bond acceptors (Lipinski definition) is 3. The summed E-state index contributed by atoms with van der Waals surface area (Å²) in [6.07, 6.45) is 1.16. The Morgan fingerprint density at radius 3 is 2.52 bits per heavy atom. The van der Waals surface area contributed by atoms with Crippen LogP contribution in [0.4, 0.5) is 10.1 Å². The van der Waals surface area contributed by atoms with Gasteiger partial charge in [0.1, 0.15) is 11.6 Å². The number of aliphatic carboxylic acids is 1. The van der Waals surface area contributed by atoms with E-state index in [2.05, 4.69) is 5.32 Å². The summed E-state index contributed by atoms with van der Waals surface area (Å²) in [5.74, 6) is -1.18. The summed E-state index contributed by atoms with van der Waals surface area (Å²) in [5.41, 5.74) is 1.56. The number of aryl methyl sites for hydroxylation is 1. The van der Waals surface area contributed by atoms with Gasteiger partial charge in [-0.25, -0.2) is 4.39 Å². The lowest BCUT2D eigenvalue weighted by atomic mass is 10.1. The van der Waals surface area contributed by atoms with Crippen molar-refractivity contribution in [2.45, 2.75) is 26.2 Å². The summed E-state index contributed by atoms with van der Waals surface area (Å²) in [7, 11) is 0. The van der Waals surface area contributed by atoms with E-state index in [1.54, 1.807) is 18.2 Å². The van der Waals surface area contributed by atoms with E-state index < -0.39 is 17.7 Å². The van der Waals surface area contributed by atoms with Gasteiger partial charge in [0.15, 0.2) is 0 Å². The van der Waals surface area contributed by atoms with Gasteiger partial charge < -0.3 is 15.2 Å². The molecule has 0 aliphatic carbocycles. The lowest BCUT2D eigenvalue weighted by Crippen LogP contribution is -2.13. The standard InChI is InChI=1S/C19H20FNO4/c1-2-11-25-17-9-3-13(4-10-18(22)23)12-16(17)21-19(24)14-5-7-15(20)8-6-14/h3,5-9,12H,2,4,10-11H2,1H3,(H,21,24)(H,22,23). The van der Waals surface area contributed by atoms with Gasteiger partial charge in [-0.2, -0.15) is 0 Å². The highest BCUT2D eigenvalue weighted by Crippen LogP contribution is 2.27. The first-order valence-electron chi connectivity index (χ1n) is 8.04. The van der Waals surface area contributed by atoms with Crippen LogP contribution in [0.25, 0.3) is 0 Å². The molecule has 2 rings (SSSR count). The first-order valence-corrected chi connectivity index (χ1v) is 8.04. The largest absolute Gasteiger partial charge is 0.491 e. The van der Waals surface area contributed by atoms with Crippen molar-refractivity contribution in [2.24, 2.45) is 0 Å². The smallest absolute Gasteiger partial charge is 0.303 e. The molecule has 5 nitrogen and oxygen atoms in total. The van der Waals surface area contributed by atoms with Gasteiger partial charge in [0.25, 0.3) is 5.91 Å². The van der Waals surface area contributed by atoms with Crippen molar-refractivity contribution in [1.29, 1.82) is 0 Å². The van der Waals surface area contributed by atoms with Crippen molar-refractivity contribution in [3.05, 3.63) is 59.4 Å². The predicted octanol–water partition coefficient (Wildman–Crippen LogP) is 3.88. The molecule has 0 aliphatic heterocycles. The Morgan fingerprint density at radius 1 is 1.16 bits per heavy atom. The topological polar surface area (TPSA) is 75.6 Å². The minimum Gasteiger partial charge on any atom is -0.491 e. The Morgan fingerprint density at radius 2 is 1.88 bits per heavy atom. The van der Waals surface area contributed by atoms with Crippen molar-refractivity contribution in [1.82, 2.24) is 0 Å². The summed E-state index contributed by atoms with van der Waals surface area (Å²) in [6.45, 7) is 2.46. The molecule has 0 spiro atoms. The molecule has 0 saturated heterocycles. The SMILES string of the molecule is CCCOc1ccc(CCC(=O)O)cc1NC(=O)c1ccc(F)cc1. The van der Waals surface area contributed by atoms with Crippen LogP contribution in [0.3, 0.4) is 0 Å². The second-order valence-electron chi connectivity index (χ2n) is 5.53. The number of carbonyl (C=O) groups excluding carboxylic acids is 1. The monoisotopic (exact) mass is 345 g/mol. The van der Waals surface area contributed by atoms with Gasteiger partial charge >= 0.3 is 5.97 Å². The number of hydrogen-bond donors (Lipinski definition) is 2. The third kappa shape index (κ3) is 5.60. The van der Waals surface area contributed by atoms with Gasteiger partial charge in [-0.05, 0) is 54.8 Å². The number of anilines is 1. The highest BCUT2D eigenvalue weighted by molar-refractivity contribution is 6.05. The highest BCUT2D eigenvalue weighted by atomic mass is 19.1. The second-order valence-corrected chi connectivity index (χ2v) is 5.53. The number of ether oxygens (including phenoxy) is 1. The van der Waals surface area contributed by atoms with E-state index in [0.717, 1.165) is 12.0 Å². The number of carboxylic acid groups (broad SMARTS) is 1. The summed E-state index contributed by atoms with van der Waals surface area (Å²) in [6, 6.07) is 10.4. The first-order chi connectivity index (χ1) is 12.0. The van der Waals surface area contributed by atoms with Crippen LogP contribution in [0.2, 0.25) is 0 Å². The number of carboxylic acids is 1. The molecule has 0 heterocycles. The zero-order valence-electron chi connectivity index (χ0n) is 13.9. The van der Waals surface area contributed by atoms with Gasteiger partial charge in [0.2, 0.25) is 0 Å². The molecule has 0 saturated carbocycles. The van der Waals surface area contributed by atoms with Crippen LogP contribution in [-0.2, 0) is 11.2 Å². The molecule has 0 fully saturated rings. The van der Waals surface area contributed by atoms with E-state index in [1.165, 1.54) is 24.3 Å². The van der Waals surface area contributed by atoms with Crippen molar-refractivity contribution < 1.29 is 23.8 Å². The second kappa shape index (κ2) is 8.82. The van der Waals surface area contributed by atoms with E-state index in [-0.39, 0.29) is 6.42 Å². The van der Waals surface area contributed by atoms with Gasteiger partial charge in [-0.3, -0.25) is 9.59 Å². The molecule has 6 heteroatoms. The molecule has 2 aromatic rings. The maximum Gasteiger partial charge on any atom is 0.303 e. The molecular formula is C19H20FNO4. The maximum atomic E-state index is 13.0. The molecule has 2 aromatic carbocycles. The Balaban J connectivity index is 2.21. The minimum atomic E-state index is -0.886. The molecule has 0 unspecified atom stereocenters. The minimum absolute atomic E-state index is 0.000508. The summed E-state index contributed by atoms with van der Waals surface area (Å²) in [5, 5.41) is 11.6. The molecule has 2 N–H and O–H groups in total. The average Bonchev–Trinajstić information content (AvgIpc) is 2.59. The lowest BCUT2D eigenvalue weighted by Gasteiger charge is -2.14. The summed E-state index contributed by atoms with van der Waals surface area (Å²) in [4.78, 5) is 23.1. The number of nitrogens with one attached hydrogen (secondary N) is 1. The third-order valence-electron chi connectivity index (χ3n) is 3.49. The Hall–Kier alpha value is -2.89. The maximum absolute atomic E-state index is 13.0. The van der Waals surface area contributed by atoms with Crippen LogP contribution in [-0.4, -0.2) is 23.6 Å². The van der Waals surface area contributed by atoms with E-state index in [4.69, 9.17) is 9.84 Å². The van der Waals surface area contributed by atoms with E-state index in [9.17, 15) is 14.0 Å². The van der Waals surface area contributed by atoms with E-state index in [0.29, 0.717) is 30.0 Å². The molecule has 0 aromatic heterocycles. The highest BCUT2D eigenvalue weighted by Gasteiger charge is 2.12. The third-order valence-corrected chi connectivity index (χ3v) is 3.49. The molecule has 0 bridgehead atoms. The normalized spacial score (nSPS) is 10.3. The van der Waals surface area contributed by atoms with Gasteiger partial charge in [-0.15, -0.1) is 0 Å². The fourth-order valence-electron chi connectivity index (χ4n) is 2.22. The summed E-state index contributed by atoms with van der Waals surface area (Å²) < 4.78 is 18.6. The van der Waals surface area contributed by atoms with Crippen LogP contribution in [0.1, 0.15) is 35.7 Å². The van der Waals surface area contributed by atoms with Crippen molar-refractivity contribution in [2.75, 3.05) is 11.9 Å². The van der Waals surface area contributed by atoms with E-state index in [1.807, 2.05) is 6.92 Å². The lowest BCUT2D eigenvalue weighted by molar-refractivity contribution is -0.136. The molecule has 132 valence electrons. The van der Waals surface area contributed by atoms with Crippen LogP contribution in [0.15, 0.2) is 42.5 Å². The van der Waals surface area contributed by atoms with Crippen molar-refractivity contribution in [3.63, 3.8) is 0 Å². The fourth-order valence-corrected chi connectivity index (χ4v) is 2.22. The molecule has 25 heavy (non-hydrogen) atoms. The van der Waals surface area contributed by atoms with Crippen LogP contribution in [0.5, 0.6) is 5.75 Å². The van der Waals surface area contributed by atoms with Crippen molar-refractivity contribution >= 4 is 17.6 Å². The van der Waals surface area contributed by atoms with Crippen LogP contribution in [0, 0.1) is 5.82 Å². The number of amides is 1. The zero-order valence-corrected chi connectivity index (χ0v) is 13.9. The summed E-state index contributed by atoms with van der Waals surface area (Å²) >= 11 is 0. The fraction of sp³-hybridized carbons (Fsp3) is 0.263. The molecule has 1 amide bonds. The Bertz CT molecular complexity index is 744. The van der Waals surface area contributed by atoms with Gasteiger partial charge in [-0.1, -0.05) is 13.0 Å². The number of halogens is 1. The zero-order chi connectivity index (χ0) is 18.2. The number of benzene rings is 2. The molecular weight excluding hydrogens is 325 g/mol. The van der Waals surface area contributed by atoms with Crippen LogP contribution >= 0.6 is 0 Å². The molecule has 0 atom stereocenters. The van der Waals surface area contributed by atoms with E-state index >= 15 is 0 Å². The quantitative estimate of drug-likeness (QED) is 0.761. The predicted molar refractivity (Wildman–Crippen MR) is 92.5 cm³/mol. The first kappa shape index (κ1) is 18.4. The molecule has 0 radical (unpaired) electrons. The molecule has 0 aliphatic rings. The average molecular weight is 345 g/mol.